The van der Waals surface area contributed by atoms with Gasteiger partial charge in [0.05, 0.1) is 18.2 Å². The number of phenolic OH excluding ortho intramolecular Hbond substituents is 1. The fourth-order valence-electron chi connectivity index (χ4n) is 2.09. The monoisotopic (exact) mass is 393 g/mol. The van der Waals surface area contributed by atoms with Crippen LogP contribution in [0.15, 0.2) is 35.4 Å². The van der Waals surface area contributed by atoms with E-state index >= 15 is 0 Å². The van der Waals surface area contributed by atoms with E-state index in [2.05, 4.69) is 10.5 Å². The summed E-state index contributed by atoms with van der Waals surface area (Å²) in [5.41, 5.74) is 2.88. The van der Waals surface area contributed by atoms with E-state index in [0.717, 1.165) is 0 Å². The third kappa shape index (κ3) is 5.32. The number of rotatable bonds is 7. The van der Waals surface area contributed by atoms with Gasteiger partial charge in [-0.25, -0.2) is 5.43 Å². The van der Waals surface area contributed by atoms with Crippen LogP contribution >= 0.6 is 11.6 Å². The Morgan fingerprint density at radius 3 is 2.78 bits per heavy atom. The highest BCUT2D eigenvalue weighted by molar-refractivity contribution is 6.31. The molecule has 0 radical (unpaired) electrons. The number of ether oxygens (including phenoxy) is 2. The number of carbonyl (C=O) groups excluding carboxylic acids is 1. The number of halogens is 1. The molecule has 2 aromatic rings. The Morgan fingerprint density at radius 1 is 1.37 bits per heavy atom. The van der Waals surface area contributed by atoms with Crippen molar-refractivity contribution in [3.8, 4) is 17.2 Å². The van der Waals surface area contributed by atoms with Gasteiger partial charge in [0.1, 0.15) is 0 Å². The number of nitrogens with zero attached hydrogens (tertiary/aromatic N) is 2. The average molecular weight is 394 g/mol. The van der Waals surface area contributed by atoms with Crippen LogP contribution in [-0.2, 0) is 4.79 Å². The molecule has 0 fully saturated rings. The molecule has 0 saturated heterocycles. The van der Waals surface area contributed by atoms with Gasteiger partial charge in [0.15, 0.2) is 23.9 Å². The Balaban J connectivity index is 1.99. The molecule has 0 saturated carbocycles. The van der Waals surface area contributed by atoms with Crippen molar-refractivity contribution in [2.24, 2.45) is 5.10 Å². The number of hydrogen-bond acceptors (Lipinski definition) is 7. The van der Waals surface area contributed by atoms with Crippen molar-refractivity contribution < 1.29 is 24.3 Å². The van der Waals surface area contributed by atoms with Gasteiger partial charge in [-0.2, -0.15) is 5.10 Å². The van der Waals surface area contributed by atoms with Gasteiger partial charge >= 0.3 is 5.69 Å². The van der Waals surface area contributed by atoms with E-state index in [4.69, 9.17) is 21.1 Å². The van der Waals surface area contributed by atoms with Crippen LogP contribution < -0.4 is 14.9 Å². The maximum atomic E-state index is 11.8. The first-order valence-electron chi connectivity index (χ1n) is 7.58. The molecule has 27 heavy (non-hydrogen) atoms. The number of methoxy groups -OCH3 is 1. The lowest BCUT2D eigenvalue weighted by atomic mass is 10.2. The van der Waals surface area contributed by atoms with Crippen LogP contribution in [0.1, 0.15) is 11.1 Å². The van der Waals surface area contributed by atoms with Crippen molar-refractivity contribution in [3.05, 3.63) is 56.6 Å². The fourth-order valence-corrected chi connectivity index (χ4v) is 2.31. The lowest BCUT2D eigenvalue weighted by Crippen LogP contribution is -2.24. The molecule has 0 unspecified atom stereocenters. The van der Waals surface area contributed by atoms with Crippen molar-refractivity contribution >= 4 is 29.4 Å². The summed E-state index contributed by atoms with van der Waals surface area (Å²) in [6.45, 7) is 1.23. The molecule has 0 bridgehead atoms. The van der Waals surface area contributed by atoms with Crippen LogP contribution in [0, 0.1) is 17.0 Å². The van der Waals surface area contributed by atoms with Gasteiger partial charge in [0, 0.05) is 22.7 Å². The Bertz CT molecular complexity index is 900. The number of aryl methyl sites for hydroxylation is 1. The molecule has 1 amide bonds. The summed E-state index contributed by atoms with van der Waals surface area (Å²) in [5.74, 6) is -0.701. The molecular weight excluding hydrogens is 378 g/mol. The molecular formula is C17H16ClN3O6. The zero-order chi connectivity index (χ0) is 20.0. The van der Waals surface area contributed by atoms with E-state index in [1.807, 2.05) is 0 Å². The molecule has 0 aliphatic carbocycles. The lowest BCUT2D eigenvalue weighted by Gasteiger charge is -2.07. The van der Waals surface area contributed by atoms with E-state index in [-0.39, 0.29) is 28.5 Å². The fraction of sp³-hybridized carbons (Fsp3) is 0.176. The summed E-state index contributed by atoms with van der Waals surface area (Å²) in [7, 11) is 1.37. The van der Waals surface area contributed by atoms with Crippen molar-refractivity contribution in [1.29, 1.82) is 0 Å². The maximum absolute atomic E-state index is 11.8. The number of hydrogen-bond donors (Lipinski definition) is 2. The van der Waals surface area contributed by atoms with Crippen LogP contribution in [-0.4, -0.2) is 35.9 Å². The molecule has 0 aliphatic rings. The highest BCUT2D eigenvalue weighted by atomic mass is 35.5. The van der Waals surface area contributed by atoms with E-state index in [0.29, 0.717) is 10.6 Å². The van der Waals surface area contributed by atoms with E-state index in [1.165, 1.54) is 37.6 Å². The second kappa shape index (κ2) is 8.86. The number of aromatic hydroxyl groups is 1. The summed E-state index contributed by atoms with van der Waals surface area (Å²) in [6.07, 6.45) is 1.18. The lowest BCUT2D eigenvalue weighted by molar-refractivity contribution is -0.385. The number of nitrogens with one attached hydrogen (secondary N) is 1. The SMILES string of the molecule is COc1cc(Cl)cc(/C=N/NC(=O)COc2ccc(C)cc2[N+](=O)[O-])c1O. The van der Waals surface area contributed by atoms with Gasteiger partial charge in [0.25, 0.3) is 5.91 Å². The summed E-state index contributed by atoms with van der Waals surface area (Å²) in [5, 5.41) is 25.0. The smallest absolute Gasteiger partial charge is 0.311 e. The average Bonchev–Trinajstić information content (AvgIpc) is 2.63. The molecule has 2 aromatic carbocycles. The molecule has 0 heterocycles. The third-order valence-corrected chi connectivity index (χ3v) is 3.57. The Morgan fingerprint density at radius 2 is 2.11 bits per heavy atom. The summed E-state index contributed by atoms with van der Waals surface area (Å²) < 4.78 is 10.1. The summed E-state index contributed by atoms with van der Waals surface area (Å²) in [4.78, 5) is 22.2. The van der Waals surface area contributed by atoms with Crippen molar-refractivity contribution in [2.75, 3.05) is 13.7 Å². The number of phenols is 1. The quantitative estimate of drug-likeness (QED) is 0.423. The Kier molecular flexibility index (Phi) is 6.56. The molecule has 0 spiro atoms. The minimum atomic E-state index is -0.644. The van der Waals surface area contributed by atoms with Crippen molar-refractivity contribution in [3.63, 3.8) is 0 Å². The highest BCUT2D eigenvalue weighted by Crippen LogP contribution is 2.32. The normalized spacial score (nSPS) is 10.6. The number of nitro benzene ring substituents is 1. The predicted molar refractivity (Wildman–Crippen MR) is 98.7 cm³/mol. The van der Waals surface area contributed by atoms with Gasteiger partial charge in [-0.15, -0.1) is 0 Å². The molecule has 0 aliphatic heterocycles. The Labute approximate surface area is 159 Å². The van der Waals surface area contributed by atoms with Gasteiger partial charge in [-0.3, -0.25) is 14.9 Å². The molecule has 0 atom stereocenters. The minimum absolute atomic E-state index is 0.0260. The topological polar surface area (TPSA) is 123 Å². The largest absolute Gasteiger partial charge is 0.504 e. The van der Waals surface area contributed by atoms with Crippen LogP contribution in [0.5, 0.6) is 17.2 Å². The van der Waals surface area contributed by atoms with E-state index < -0.39 is 17.4 Å². The minimum Gasteiger partial charge on any atom is -0.504 e. The van der Waals surface area contributed by atoms with Gasteiger partial charge in [-0.1, -0.05) is 17.7 Å². The van der Waals surface area contributed by atoms with Crippen LogP contribution in [0.25, 0.3) is 0 Å². The molecule has 2 rings (SSSR count). The number of benzene rings is 2. The van der Waals surface area contributed by atoms with Gasteiger partial charge in [-0.05, 0) is 24.6 Å². The number of nitro groups is 1. The van der Waals surface area contributed by atoms with Crippen LogP contribution in [0.2, 0.25) is 5.02 Å². The van der Waals surface area contributed by atoms with Crippen LogP contribution in [0.3, 0.4) is 0 Å². The molecule has 142 valence electrons. The van der Waals surface area contributed by atoms with Gasteiger partial charge < -0.3 is 14.6 Å². The highest BCUT2D eigenvalue weighted by Gasteiger charge is 2.16. The number of amides is 1. The summed E-state index contributed by atoms with van der Waals surface area (Å²) in [6, 6.07) is 7.26. The maximum Gasteiger partial charge on any atom is 0.311 e. The predicted octanol–water partition coefficient (Wildman–Crippen LogP) is 2.80. The zero-order valence-corrected chi connectivity index (χ0v) is 15.2. The van der Waals surface area contributed by atoms with Crippen molar-refractivity contribution in [1.82, 2.24) is 5.43 Å². The molecule has 9 nitrogen and oxygen atoms in total. The first-order valence-corrected chi connectivity index (χ1v) is 7.96. The van der Waals surface area contributed by atoms with Crippen LogP contribution in [0.4, 0.5) is 5.69 Å². The standard InChI is InChI=1S/C17H16ClN3O6/c1-10-3-4-14(13(5-10)21(24)25)27-9-16(22)20-19-8-11-6-12(18)7-15(26-2)17(11)23/h3-8,23H,9H2,1-2H3,(H,20,22)/b19-8+. The molecule has 2 N–H and O–H groups in total. The number of hydrazone groups is 1. The molecule has 10 heteroatoms. The summed E-state index contributed by atoms with van der Waals surface area (Å²) >= 11 is 5.90. The first kappa shape index (κ1) is 20.0. The molecule has 0 aromatic heterocycles. The van der Waals surface area contributed by atoms with E-state index in [9.17, 15) is 20.0 Å². The first-order chi connectivity index (χ1) is 12.8. The second-order valence-electron chi connectivity index (χ2n) is 5.36. The number of carbonyl (C=O) groups is 1. The van der Waals surface area contributed by atoms with Crippen molar-refractivity contribution in [2.45, 2.75) is 6.92 Å². The zero-order valence-electron chi connectivity index (χ0n) is 14.4. The van der Waals surface area contributed by atoms with Gasteiger partial charge in [0.2, 0.25) is 0 Å². The second-order valence-corrected chi connectivity index (χ2v) is 5.79. The van der Waals surface area contributed by atoms with E-state index in [1.54, 1.807) is 13.0 Å². The third-order valence-electron chi connectivity index (χ3n) is 3.35. The Hall–Kier alpha value is -3.33.